The molecular weight excluding hydrogens is 318 g/mol. The SMILES string of the molecule is Cc1nc2c(s1)-c1ccc([C@H]3CC[C@]4(COC(=O)C4)C3)cc1CC2. The van der Waals surface area contributed by atoms with Crippen molar-refractivity contribution in [1.29, 1.82) is 0 Å². The van der Waals surface area contributed by atoms with Crippen LogP contribution in [0.4, 0.5) is 0 Å². The minimum absolute atomic E-state index is 0.00538. The molecule has 0 N–H and O–H groups in total. The third kappa shape index (κ3) is 2.23. The zero-order valence-corrected chi connectivity index (χ0v) is 14.7. The van der Waals surface area contributed by atoms with E-state index in [2.05, 4.69) is 30.1 Å². The molecule has 5 rings (SSSR count). The molecule has 1 aliphatic heterocycles. The van der Waals surface area contributed by atoms with Gasteiger partial charge in [0.25, 0.3) is 0 Å². The van der Waals surface area contributed by atoms with E-state index >= 15 is 0 Å². The Morgan fingerprint density at radius 3 is 3.08 bits per heavy atom. The van der Waals surface area contributed by atoms with Gasteiger partial charge in [-0.2, -0.15) is 0 Å². The number of benzene rings is 1. The second-order valence-electron chi connectivity index (χ2n) is 7.70. The molecule has 24 heavy (non-hydrogen) atoms. The Labute approximate surface area is 146 Å². The summed E-state index contributed by atoms with van der Waals surface area (Å²) in [5, 5.41) is 1.17. The number of hydrogen-bond acceptors (Lipinski definition) is 4. The number of ether oxygens (including phenoxy) is 1. The second kappa shape index (κ2) is 5.16. The molecule has 2 fully saturated rings. The molecule has 4 heteroatoms. The summed E-state index contributed by atoms with van der Waals surface area (Å²) >= 11 is 1.82. The molecule has 1 saturated carbocycles. The third-order valence-corrected chi connectivity index (χ3v) is 7.09. The number of carbonyl (C=O) groups excluding carboxylic acids is 1. The van der Waals surface area contributed by atoms with Crippen LogP contribution in [-0.4, -0.2) is 17.6 Å². The van der Waals surface area contributed by atoms with Gasteiger partial charge in [0.2, 0.25) is 0 Å². The highest BCUT2D eigenvalue weighted by atomic mass is 32.1. The molecule has 1 saturated heterocycles. The molecule has 2 atom stereocenters. The van der Waals surface area contributed by atoms with Gasteiger partial charge in [0, 0.05) is 5.41 Å². The molecule has 0 unspecified atom stereocenters. The van der Waals surface area contributed by atoms with Crippen molar-refractivity contribution in [3.05, 3.63) is 40.0 Å². The van der Waals surface area contributed by atoms with Crippen molar-refractivity contribution in [2.24, 2.45) is 5.41 Å². The van der Waals surface area contributed by atoms with Crippen molar-refractivity contribution in [2.45, 2.75) is 51.4 Å². The molecule has 1 spiro atoms. The number of esters is 1. The molecule has 1 aromatic heterocycles. The highest BCUT2D eigenvalue weighted by molar-refractivity contribution is 7.15. The Balaban J connectivity index is 1.44. The summed E-state index contributed by atoms with van der Waals surface area (Å²) in [5.74, 6) is 0.573. The lowest BCUT2D eigenvalue weighted by atomic mass is 9.82. The van der Waals surface area contributed by atoms with Gasteiger partial charge in [0.1, 0.15) is 0 Å². The van der Waals surface area contributed by atoms with E-state index in [1.807, 2.05) is 11.3 Å². The van der Waals surface area contributed by atoms with Crippen molar-refractivity contribution in [1.82, 2.24) is 4.98 Å². The smallest absolute Gasteiger partial charge is 0.306 e. The Bertz CT molecular complexity index is 840. The average molecular weight is 339 g/mol. The highest BCUT2D eigenvalue weighted by Crippen LogP contribution is 2.52. The summed E-state index contributed by atoms with van der Waals surface area (Å²) in [5.41, 5.74) is 5.72. The van der Waals surface area contributed by atoms with Crippen molar-refractivity contribution in [3.8, 4) is 10.4 Å². The van der Waals surface area contributed by atoms with Crippen LogP contribution in [0.5, 0.6) is 0 Å². The van der Waals surface area contributed by atoms with Crippen molar-refractivity contribution in [3.63, 3.8) is 0 Å². The summed E-state index contributed by atoms with van der Waals surface area (Å²) in [4.78, 5) is 17.6. The molecule has 1 aromatic carbocycles. The van der Waals surface area contributed by atoms with E-state index < -0.39 is 0 Å². The summed E-state index contributed by atoms with van der Waals surface area (Å²) in [6.45, 7) is 2.73. The van der Waals surface area contributed by atoms with Gasteiger partial charge < -0.3 is 4.74 Å². The highest BCUT2D eigenvalue weighted by Gasteiger charge is 2.46. The molecule has 0 bridgehead atoms. The summed E-state index contributed by atoms with van der Waals surface area (Å²) < 4.78 is 5.26. The monoisotopic (exact) mass is 339 g/mol. The molecule has 0 radical (unpaired) electrons. The average Bonchev–Trinajstić information content (AvgIpc) is 3.26. The lowest BCUT2D eigenvalue weighted by Gasteiger charge is -2.21. The van der Waals surface area contributed by atoms with E-state index in [1.54, 1.807) is 0 Å². The van der Waals surface area contributed by atoms with E-state index in [0.717, 1.165) is 25.7 Å². The van der Waals surface area contributed by atoms with Gasteiger partial charge in [-0.25, -0.2) is 4.98 Å². The zero-order valence-electron chi connectivity index (χ0n) is 13.9. The van der Waals surface area contributed by atoms with Crippen molar-refractivity contribution in [2.75, 3.05) is 6.61 Å². The molecule has 124 valence electrons. The fourth-order valence-corrected chi connectivity index (χ4v) is 5.85. The maximum absolute atomic E-state index is 11.5. The first-order valence-corrected chi connectivity index (χ1v) is 9.69. The van der Waals surface area contributed by atoms with Crippen LogP contribution in [0.2, 0.25) is 0 Å². The van der Waals surface area contributed by atoms with E-state index in [4.69, 9.17) is 4.74 Å². The van der Waals surface area contributed by atoms with Crippen LogP contribution in [0.3, 0.4) is 0 Å². The van der Waals surface area contributed by atoms with Crippen molar-refractivity contribution >= 4 is 17.3 Å². The lowest BCUT2D eigenvalue weighted by molar-refractivity contribution is -0.137. The largest absolute Gasteiger partial charge is 0.465 e. The number of aromatic nitrogens is 1. The first kappa shape index (κ1) is 14.6. The fraction of sp³-hybridized carbons (Fsp3) is 0.500. The number of nitrogens with zero attached hydrogens (tertiary/aromatic N) is 1. The molecule has 2 heterocycles. The number of cyclic esters (lactones) is 1. The molecule has 3 nitrogen and oxygen atoms in total. The van der Waals surface area contributed by atoms with Crippen LogP contribution in [0.25, 0.3) is 10.4 Å². The van der Waals surface area contributed by atoms with Crippen LogP contribution >= 0.6 is 11.3 Å². The van der Waals surface area contributed by atoms with Gasteiger partial charge >= 0.3 is 5.97 Å². The van der Waals surface area contributed by atoms with E-state index in [0.29, 0.717) is 18.9 Å². The molecule has 3 aliphatic rings. The fourth-order valence-electron chi connectivity index (χ4n) is 4.82. The zero-order chi connectivity index (χ0) is 16.3. The number of carbonyl (C=O) groups is 1. The predicted octanol–water partition coefficient (Wildman–Crippen LogP) is 4.42. The Hall–Kier alpha value is -1.68. The van der Waals surface area contributed by atoms with E-state index in [9.17, 15) is 4.79 Å². The van der Waals surface area contributed by atoms with Crippen LogP contribution in [0, 0.1) is 12.3 Å². The summed E-state index contributed by atoms with van der Waals surface area (Å²) in [6.07, 6.45) is 6.19. The van der Waals surface area contributed by atoms with Crippen LogP contribution in [0.15, 0.2) is 18.2 Å². The first-order valence-electron chi connectivity index (χ1n) is 8.87. The normalized spacial score (nSPS) is 28.0. The first-order chi connectivity index (χ1) is 11.6. The van der Waals surface area contributed by atoms with Crippen LogP contribution < -0.4 is 0 Å². The Morgan fingerprint density at radius 1 is 1.33 bits per heavy atom. The Kier molecular flexibility index (Phi) is 3.15. The van der Waals surface area contributed by atoms with E-state index in [1.165, 1.54) is 38.7 Å². The quantitative estimate of drug-likeness (QED) is 0.722. The molecule has 0 amide bonds. The number of thiazole rings is 1. The number of hydrogen-bond donors (Lipinski definition) is 0. The van der Waals surface area contributed by atoms with Gasteiger partial charge in [0.15, 0.2) is 0 Å². The Morgan fingerprint density at radius 2 is 2.25 bits per heavy atom. The van der Waals surface area contributed by atoms with Crippen molar-refractivity contribution < 1.29 is 9.53 Å². The lowest BCUT2D eigenvalue weighted by Crippen LogP contribution is -2.16. The number of fused-ring (bicyclic) bond motifs is 3. The summed E-state index contributed by atoms with van der Waals surface area (Å²) in [6, 6.07) is 7.04. The van der Waals surface area contributed by atoms with Crippen LogP contribution in [-0.2, 0) is 22.4 Å². The van der Waals surface area contributed by atoms with E-state index in [-0.39, 0.29) is 11.4 Å². The third-order valence-electron chi connectivity index (χ3n) is 6.04. The summed E-state index contributed by atoms with van der Waals surface area (Å²) in [7, 11) is 0. The van der Waals surface area contributed by atoms with Gasteiger partial charge in [0.05, 0.1) is 28.6 Å². The van der Waals surface area contributed by atoms with Gasteiger partial charge in [-0.15, -0.1) is 11.3 Å². The molecule has 2 aliphatic carbocycles. The van der Waals surface area contributed by atoms with Crippen LogP contribution in [0.1, 0.15) is 53.4 Å². The van der Waals surface area contributed by atoms with Gasteiger partial charge in [-0.05, 0) is 61.6 Å². The van der Waals surface area contributed by atoms with Gasteiger partial charge in [-0.3, -0.25) is 4.79 Å². The minimum atomic E-state index is -0.00538. The molecular formula is C20H21NO2S. The molecule has 2 aromatic rings. The minimum Gasteiger partial charge on any atom is -0.465 e. The number of rotatable bonds is 1. The predicted molar refractivity (Wildman–Crippen MR) is 94.3 cm³/mol. The maximum Gasteiger partial charge on any atom is 0.306 e. The topological polar surface area (TPSA) is 39.2 Å². The standard InChI is InChI=1S/C20H21NO2S/c1-12-21-17-5-3-14-8-13(2-4-16(14)19(17)24-12)15-6-7-20(9-15)10-18(22)23-11-20/h2,4,8,15H,3,5-7,9-11H2,1H3/t15-,20-/m0/s1. The van der Waals surface area contributed by atoms with Gasteiger partial charge in [-0.1, -0.05) is 18.2 Å². The maximum atomic E-state index is 11.5. The second-order valence-corrected chi connectivity index (χ2v) is 8.91. The number of aryl methyl sites for hydroxylation is 3.